The van der Waals surface area contributed by atoms with E-state index in [4.69, 9.17) is 37.7 Å². The summed E-state index contributed by atoms with van der Waals surface area (Å²) < 4.78 is 43.2. The fraction of sp³-hybridized carbons (Fsp3) is 0.367. The molecule has 2 atom stereocenters. The minimum atomic E-state index is -4.20. The summed E-state index contributed by atoms with van der Waals surface area (Å²) in [7, 11) is -2.71. The Hall–Kier alpha value is -3.22. The number of amides is 1. The van der Waals surface area contributed by atoms with E-state index in [1.165, 1.54) is 23.5 Å². The van der Waals surface area contributed by atoms with Crippen molar-refractivity contribution in [2.45, 2.75) is 49.8 Å². The van der Waals surface area contributed by atoms with Crippen LogP contribution >= 0.6 is 23.2 Å². The lowest BCUT2D eigenvalue weighted by molar-refractivity contribution is -0.123. The van der Waals surface area contributed by atoms with Gasteiger partial charge in [-0.15, -0.1) is 0 Å². The summed E-state index contributed by atoms with van der Waals surface area (Å²) in [5.74, 6) is 0.595. The molecule has 1 saturated heterocycles. The molecule has 0 radical (unpaired) electrons. The van der Waals surface area contributed by atoms with Crippen LogP contribution in [0.25, 0.3) is 16.6 Å². The predicted molar refractivity (Wildman–Crippen MR) is 163 cm³/mol. The fourth-order valence-electron chi connectivity index (χ4n) is 5.36. The largest absolute Gasteiger partial charge is 0.487 e. The van der Waals surface area contributed by atoms with Gasteiger partial charge in [-0.1, -0.05) is 35.3 Å². The van der Waals surface area contributed by atoms with E-state index in [0.29, 0.717) is 29.4 Å². The third-order valence-corrected chi connectivity index (χ3v) is 10.6. The molecule has 3 heterocycles. The van der Waals surface area contributed by atoms with Gasteiger partial charge >= 0.3 is 0 Å². The number of nitrogens with zero attached hydrogens (tertiary/aromatic N) is 4. The average Bonchev–Trinajstić information content (AvgIpc) is 3.46. The minimum absolute atomic E-state index is 0.0538. The van der Waals surface area contributed by atoms with E-state index >= 15 is 0 Å². The fourth-order valence-corrected chi connectivity index (χ4v) is 7.85. The number of likely N-dealkylation sites (N-methyl/N-ethyl adjacent to an activating group) is 1. The van der Waals surface area contributed by atoms with E-state index < -0.39 is 22.0 Å². The second kappa shape index (κ2) is 12.0. The second-order valence-corrected chi connectivity index (χ2v) is 13.5. The lowest BCUT2D eigenvalue weighted by atomic mass is 10.1. The highest BCUT2D eigenvalue weighted by atomic mass is 35.5. The highest BCUT2D eigenvalue weighted by Crippen LogP contribution is 2.38. The van der Waals surface area contributed by atoms with Gasteiger partial charge in [0.05, 0.1) is 23.1 Å². The first-order valence-electron chi connectivity index (χ1n) is 14.0. The summed E-state index contributed by atoms with van der Waals surface area (Å²) in [6, 6.07) is 9.47. The van der Waals surface area contributed by atoms with E-state index in [0.717, 1.165) is 29.6 Å². The molecule has 0 unspecified atom stereocenters. The second-order valence-electron chi connectivity index (χ2n) is 10.9. The number of carbonyl (C=O) groups excluding carboxylic acids is 1. The maximum absolute atomic E-state index is 14.0. The molecule has 2 aromatic heterocycles. The van der Waals surface area contributed by atoms with Crippen molar-refractivity contribution in [3.05, 3.63) is 76.4 Å². The maximum atomic E-state index is 14.0. The highest BCUT2D eigenvalue weighted by molar-refractivity contribution is 7.89. The van der Waals surface area contributed by atoms with Crippen molar-refractivity contribution >= 4 is 50.0 Å². The number of halogens is 2. The number of pyridine rings is 1. The topological polar surface area (TPSA) is 116 Å². The molecule has 2 aliphatic rings. The predicted octanol–water partition coefficient (Wildman–Crippen LogP) is 4.92. The van der Waals surface area contributed by atoms with E-state index in [9.17, 15) is 13.2 Å². The van der Waals surface area contributed by atoms with Gasteiger partial charge in [0.15, 0.2) is 0 Å². The molecule has 1 aliphatic heterocycles. The van der Waals surface area contributed by atoms with Gasteiger partial charge in [-0.2, -0.15) is 4.31 Å². The lowest BCUT2D eigenvalue weighted by Crippen LogP contribution is -2.44. The molecule has 4 aromatic rings. The average molecular weight is 645 g/mol. The van der Waals surface area contributed by atoms with Crippen LogP contribution in [0.4, 0.5) is 0 Å². The van der Waals surface area contributed by atoms with Crippen molar-refractivity contribution in [1.29, 1.82) is 0 Å². The Labute approximate surface area is 260 Å². The van der Waals surface area contributed by atoms with Gasteiger partial charge in [0.25, 0.3) is 0 Å². The molecule has 2 aromatic carbocycles. The number of hydrogen-bond acceptors (Lipinski definition) is 7. The number of imidazole rings is 1. The van der Waals surface area contributed by atoms with Crippen molar-refractivity contribution in [3.63, 3.8) is 0 Å². The van der Waals surface area contributed by atoms with Crippen LogP contribution in [0.15, 0.2) is 60.0 Å². The third kappa shape index (κ3) is 5.97. The molecule has 0 spiro atoms. The number of aromatic nitrogens is 3. The molecule has 6 rings (SSSR count). The standard InChI is InChI=1S/C30H31Cl2N5O5S/c1-18-12-24(36-11-10-34-17-36)21-4-3-5-26(29(21)35-18)42-16-22-23(31)8-9-27(28(22)32)43(39,40)37-14-20(41-15-19-6-7-19)13-25(37)30(38)33-2/h3-5,8-12,17,19-20,25H,6-7,13-16H2,1-2H3,(H,33,38)/t20-,25+/m1/s1. The first-order valence-corrected chi connectivity index (χ1v) is 16.2. The Morgan fingerprint density at radius 3 is 2.72 bits per heavy atom. The monoisotopic (exact) mass is 643 g/mol. The zero-order chi connectivity index (χ0) is 30.3. The van der Waals surface area contributed by atoms with Gasteiger partial charge in [-0.3, -0.25) is 4.79 Å². The first kappa shape index (κ1) is 29.8. The summed E-state index contributed by atoms with van der Waals surface area (Å²) in [6.07, 6.45) is 7.36. The molecule has 10 nitrogen and oxygen atoms in total. The first-order chi connectivity index (χ1) is 20.7. The molecule has 226 valence electrons. The normalized spacial score (nSPS) is 19.2. The Morgan fingerprint density at radius 1 is 1.19 bits per heavy atom. The smallest absolute Gasteiger partial charge is 0.245 e. The molecule has 2 fully saturated rings. The van der Waals surface area contributed by atoms with Crippen molar-refractivity contribution in [3.8, 4) is 11.4 Å². The number of fused-ring (bicyclic) bond motifs is 1. The summed E-state index contributed by atoms with van der Waals surface area (Å²) >= 11 is 13.3. The Kier molecular flexibility index (Phi) is 8.36. The van der Waals surface area contributed by atoms with Crippen molar-refractivity contribution in [2.24, 2.45) is 5.92 Å². The Bertz CT molecular complexity index is 1780. The van der Waals surface area contributed by atoms with Gasteiger partial charge < -0.3 is 19.4 Å². The highest BCUT2D eigenvalue weighted by Gasteiger charge is 2.45. The van der Waals surface area contributed by atoms with Crippen LogP contribution in [-0.4, -0.2) is 65.5 Å². The number of benzene rings is 2. The molecule has 1 N–H and O–H groups in total. The number of aryl methyl sites for hydroxylation is 1. The summed E-state index contributed by atoms with van der Waals surface area (Å²) in [6.45, 7) is 2.40. The number of carbonyl (C=O) groups is 1. The van der Waals surface area contributed by atoms with E-state index in [1.54, 1.807) is 18.6 Å². The molecule has 43 heavy (non-hydrogen) atoms. The number of sulfonamides is 1. The van der Waals surface area contributed by atoms with E-state index in [-0.39, 0.29) is 40.6 Å². The quantitative estimate of drug-likeness (QED) is 0.261. The molecule has 1 aliphatic carbocycles. The Balaban J connectivity index is 1.29. The molecular weight excluding hydrogens is 613 g/mol. The van der Waals surface area contributed by atoms with Gasteiger partial charge in [0.1, 0.15) is 28.8 Å². The summed E-state index contributed by atoms with van der Waals surface area (Å²) in [5.41, 5.74) is 2.61. The maximum Gasteiger partial charge on any atom is 0.245 e. The number of hydrogen-bond donors (Lipinski definition) is 1. The van der Waals surface area contributed by atoms with Crippen LogP contribution in [-0.2, 0) is 26.2 Å². The van der Waals surface area contributed by atoms with Crippen LogP contribution in [0, 0.1) is 12.8 Å². The molecule has 13 heteroatoms. The number of para-hydroxylation sites is 1. The van der Waals surface area contributed by atoms with Gasteiger partial charge in [0, 0.05) is 60.7 Å². The van der Waals surface area contributed by atoms with Gasteiger partial charge in [-0.25, -0.2) is 18.4 Å². The SMILES string of the molecule is CNC(=O)[C@@H]1C[C@@H](OCC2CC2)CN1S(=O)(=O)c1ccc(Cl)c(COc2cccc3c(-n4ccnc4)cc(C)nc23)c1Cl. The van der Waals surface area contributed by atoms with Crippen LogP contribution in [0.5, 0.6) is 5.75 Å². The van der Waals surface area contributed by atoms with E-state index in [2.05, 4.69) is 10.3 Å². The number of rotatable bonds is 10. The lowest BCUT2D eigenvalue weighted by Gasteiger charge is -2.24. The number of nitrogens with one attached hydrogen (secondary N) is 1. The minimum Gasteiger partial charge on any atom is -0.487 e. The van der Waals surface area contributed by atoms with Crippen LogP contribution in [0.1, 0.15) is 30.5 Å². The van der Waals surface area contributed by atoms with Gasteiger partial charge in [-0.05, 0) is 49.9 Å². The molecular formula is C30H31Cl2N5O5S. The van der Waals surface area contributed by atoms with Crippen LogP contribution < -0.4 is 10.1 Å². The molecule has 1 amide bonds. The van der Waals surface area contributed by atoms with Crippen molar-refractivity contribution in [2.75, 3.05) is 20.2 Å². The van der Waals surface area contributed by atoms with Crippen molar-refractivity contribution in [1.82, 2.24) is 24.2 Å². The van der Waals surface area contributed by atoms with Crippen LogP contribution in [0.3, 0.4) is 0 Å². The summed E-state index contributed by atoms with van der Waals surface area (Å²) in [5, 5.41) is 3.62. The molecule has 0 bridgehead atoms. The van der Waals surface area contributed by atoms with E-state index in [1.807, 2.05) is 35.9 Å². The Morgan fingerprint density at radius 2 is 2.00 bits per heavy atom. The number of ether oxygens (including phenoxy) is 2. The molecule has 1 saturated carbocycles. The van der Waals surface area contributed by atoms with Crippen LogP contribution in [0.2, 0.25) is 10.0 Å². The zero-order valence-corrected chi connectivity index (χ0v) is 26.0. The summed E-state index contributed by atoms with van der Waals surface area (Å²) in [4.78, 5) is 21.4. The van der Waals surface area contributed by atoms with Crippen molar-refractivity contribution < 1.29 is 22.7 Å². The third-order valence-electron chi connectivity index (χ3n) is 7.83. The van der Waals surface area contributed by atoms with Gasteiger partial charge in [0.2, 0.25) is 15.9 Å². The zero-order valence-electron chi connectivity index (χ0n) is 23.7.